The summed E-state index contributed by atoms with van der Waals surface area (Å²) in [6.07, 6.45) is 4.08. The molecule has 3 aromatic heterocycles. The average molecular weight is 424 g/mol. The van der Waals surface area contributed by atoms with Crippen LogP contribution in [0.2, 0.25) is 5.02 Å². The second-order valence-electron chi connectivity index (χ2n) is 6.10. The number of para-hydroxylation sites is 1. The molecule has 28 heavy (non-hydrogen) atoms. The molecule has 0 spiro atoms. The molecule has 0 atom stereocenters. The van der Waals surface area contributed by atoms with Crippen LogP contribution in [0.3, 0.4) is 0 Å². The van der Waals surface area contributed by atoms with E-state index in [1.807, 2.05) is 58.4 Å². The molecule has 0 unspecified atom stereocenters. The Morgan fingerprint density at radius 2 is 1.82 bits per heavy atom. The molecule has 8 heteroatoms. The largest absolute Gasteiger partial charge is 0.297 e. The Bertz CT molecular complexity index is 1200. The number of thiazole rings is 1. The summed E-state index contributed by atoms with van der Waals surface area (Å²) in [7, 11) is 0. The van der Waals surface area contributed by atoms with E-state index in [1.54, 1.807) is 23.1 Å². The van der Waals surface area contributed by atoms with Crippen molar-refractivity contribution in [3.63, 3.8) is 0 Å². The lowest BCUT2D eigenvalue weighted by molar-refractivity contribution is 0.885. The molecule has 0 N–H and O–H groups in total. The first kappa shape index (κ1) is 17.5. The molecule has 138 valence electrons. The van der Waals surface area contributed by atoms with Crippen molar-refractivity contribution < 1.29 is 0 Å². The van der Waals surface area contributed by atoms with Crippen molar-refractivity contribution in [1.29, 1.82) is 0 Å². The molecule has 0 saturated heterocycles. The molecule has 0 aliphatic heterocycles. The van der Waals surface area contributed by atoms with E-state index in [9.17, 15) is 0 Å². The van der Waals surface area contributed by atoms with Crippen LogP contribution in [0.1, 0.15) is 5.69 Å². The smallest absolute Gasteiger partial charge is 0.196 e. The molecule has 0 aliphatic carbocycles. The third-order valence-electron chi connectivity index (χ3n) is 4.24. The van der Waals surface area contributed by atoms with Gasteiger partial charge in [-0.25, -0.2) is 4.98 Å². The fourth-order valence-electron chi connectivity index (χ4n) is 2.94. The van der Waals surface area contributed by atoms with E-state index in [0.29, 0.717) is 5.02 Å². The van der Waals surface area contributed by atoms with Crippen molar-refractivity contribution in [3.8, 4) is 17.1 Å². The van der Waals surface area contributed by atoms with E-state index < -0.39 is 0 Å². The third-order valence-corrected chi connectivity index (χ3v) is 6.23. The molecular weight excluding hydrogens is 410 g/mol. The fourth-order valence-corrected chi connectivity index (χ4v) is 4.62. The molecule has 0 saturated carbocycles. The van der Waals surface area contributed by atoms with Crippen LogP contribution in [0.15, 0.2) is 77.5 Å². The second kappa shape index (κ2) is 7.43. The zero-order valence-electron chi connectivity index (χ0n) is 14.6. The molecule has 3 heterocycles. The summed E-state index contributed by atoms with van der Waals surface area (Å²) in [5.74, 6) is 1.51. The lowest BCUT2D eigenvalue weighted by Crippen LogP contribution is -1.99. The van der Waals surface area contributed by atoms with Gasteiger partial charge in [-0.1, -0.05) is 41.6 Å². The Morgan fingerprint density at radius 3 is 2.61 bits per heavy atom. The highest BCUT2D eigenvalue weighted by Gasteiger charge is 2.16. The Balaban J connectivity index is 1.51. The van der Waals surface area contributed by atoms with Crippen molar-refractivity contribution in [2.75, 3.05) is 0 Å². The SMILES string of the molecule is Clc1ccc(-c2nnc(SCc3cn4ccsc4n3)n2-c2ccccc2)cc1. The van der Waals surface area contributed by atoms with Gasteiger partial charge in [0, 0.05) is 39.8 Å². The predicted molar refractivity (Wildman–Crippen MR) is 114 cm³/mol. The molecule has 5 aromatic rings. The first-order chi connectivity index (χ1) is 13.8. The number of hydrogen-bond acceptors (Lipinski definition) is 5. The summed E-state index contributed by atoms with van der Waals surface area (Å²) in [6.45, 7) is 0. The number of hydrogen-bond donors (Lipinski definition) is 0. The van der Waals surface area contributed by atoms with Crippen LogP contribution in [0.5, 0.6) is 0 Å². The van der Waals surface area contributed by atoms with Crippen LogP contribution in [-0.4, -0.2) is 24.1 Å². The van der Waals surface area contributed by atoms with E-state index in [2.05, 4.69) is 38.1 Å². The first-order valence-electron chi connectivity index (χ1n) is 8.58. The number of aromatic nitrogens is 5. The number of thioether (sulfide) groups is 1. The molecule has 0 bridgehead atoms. The monoisotopic (exact) mass is 423 g/mol. The van der Waals surface area contributed by atoms with Crippen LogP contribution in [0, 0.1) is 0 Å². The highest BCUT2D eigenvalue weighted by atomic mass is 35.5. The van der Waals surface area contributed by atoms with Crippen LogP contribution < -0.4 is 0 Å². The summed E-state index contributed by atoms with van der Waals surface area (Å²) in [5, 5.41) is 12.5. The highest BCUT2D eigenvalue weighted by Crippen LogP contribution is 2.30. The number of imidazole rings is 1. The fraction of sp³-hybridized carbons (Fsp3) is 0.0500. The maximum atomic E-state index is 6.05. The minimum atomic E-state index is 0.698. The number of fused-ring (bicyclic) bond motifs is 1. The lowest BCUT2D eigenvalue weighted by Gasteiger charge is -2.10. The minimum Gasteiger partial charge on any atom is -0.297 e. The minimum absolute atomic E-state index is 0.698. The molecule has 5 rings (SSSR count). The molecular formula is C20H14ClN5S2. The van der Waals surface area contributed by atoms with E-state index in [0.717, 1.165) is 38.6 Å². The Kier molecular flexibility index (Phi) is 4.64. The van der Waals surface area contributed by atoms with Gasteiger partial charge in [0.05, 0.1) is 5.69 Å². The van der Waals surface area contributed by atoms with Gasteiger partial charge in [0.2, 0.25) is 0 Å². The van der Waals surface area contributed by atoms with Gasteiger partial charge >= 0.3 is 0 Å². The summed E-state index contributed by atoms with van der Waals surface area (Å²) >= 11 is 9.30. The predicted octanol–water partition coefficient (Wildman–Crippen LogP) is 5.59. The third kappa shape index (κ3) is 3.32. The van der Waals surface area contributed by atoms with Crippen LogP contribution >= 0.6 is 34.7 Å². The van der Waals surface area contributed by atoms with Gasteiger partial charge in [0.1, 0.15) is 0 Å². The molecule has 0 amide bonds. The van der Waals surface area contributed by atoms with Crippen LogP contribution in [0.4, 0.5) is 0 Å². The lowest BCUT2D eigenvalue weighted by atomic mass is 10.2. The van der Waals surface area contributed by atoms with Crippen molar-refractivity contribution in [2.24, 2.45) is 0 Å². The maximum absolute atomic E-state index is 6.05. The van der Waals surface area contributed by atoms with E-state index >= 15 is 0 Å². The molecule has 2 aromatic carbocycles. The van der Waals surface area contributed by atoms with Crippen molar-refractivity contribution in [1.82, 2.24) is 24.1 Å². The normalized spacial score (nSPS) is 11.3. The van der Waals surface area contributed by atoms with Crippen LogP contribution in [-0.2, 0) is 5.75 Å². The highest BCUT2D eigenvalue weighted by molar-refractivity contribution is 7.98. The second-order valence-corrected chi connectivity index (χ2v) is 8.35. The van der Waals surface area contributed by atoms with Crippen molar-refractivity contribution >= 4 is 39.7 Å². The standard InChI is InChI=1S/C20H14ClN5S2/c21-15-8-6-14(7-9-15)18-23-24-20(26(18)17-4-2-1-3-5-17)28-13-16-12-25-10-11-27-19(25)22-16/h1-12H,13H2. The van der Waals surface area contributed by atoms with Crippen molar-refractivity contribution in [2.45, 2.75) is 10.9 Å². The van der Waals surface area contributed by atoms with E-state index in [4.69, 9.17) is 11.6 Å². The zero-order chi connectivity index (χ0) is 18.9. The van der Waals surface area contributed by atoms with Gasteiger partial charge in [0.15, 0.2) is 15.9 Å². The molecule has 0 aliphatic rings. The molecule has 0 radical (unpaired) electrons. The van der Waals surface area contributed by atoms with E-state index in [-0.39, 0.29) is 0 Å². The summed E-state index contributed by atoms with van der Waals surface area (Å²) < 4.78 is 4.12. The summed E-state index contributed by atoms with van der Waals surface area (Å²) in [5.41, 5.74) is 3.01. The quantitative estimate of drug-likeness (QED) is 0.346. The zero-order valence-corrected chi connectivity index (χ0v) is 17.0. The number of rotatable bonds is 5. The van der Waals surface area contributed by atoms with Gasteiger partial charge < -0.3 is 0 Å². The number of nitrogens with zero attached hydrogens (tertiary/aromatic N) is 5. The molecule has 0 fully saturated rings. The van der Waals surface area contributed by atoms with Gasteiger partial charge in [0.25, 0.3) is 0 Å². The summed E-state index contributed by atoms with van der Waals surface area (Å²) in [6, 6.07) is 17.8. The van der Waals surface area contributed by atoms with Crippen LogP contribution in [0.25, 0.3) is 22.0 Å². The van der Waals surface area contributed by atoms with Gasteiger partial charge in [-0.05, 0) is 36.4 Å². The first-order valence-corrected chi connectivity index (χ1v) is 10.8. The maximum Gasteiger partial charge on any atom is 0.196 e. The Hall–Kier alpha value is -2.61. The van der Waals surface area contributed by atoms with Crippen molar-refractivity contribution in [3.05, 3.63) is 83.1 Å². The van der Waals surface area contributed by atoms with Gasteiger partial charge in [-0.3, -0.25) is 8.97 Å². The summed E-state index contributed by atoms with van der Waals surface area (Å²) in [4.78, 5) is 5.66. The topological polar surface area (TPSA) is 48.0 Å². The Morgan fingerprint density at radius 1 is 1.00 bits per heavy atom. The Labute approximate surface area is 174 Å². The van der Waals surface area contributed by atoms with E-state index in [1.165, 1.54) is 0 Å². The average Bonchev–Trinajstić information content (AvgIpc) is 3.42. The number of benzene rings is 2. The number of halogens is 1. The van der Waals surface area contributed by atoms with Gasteiger partial charge in [-0.2, -0.15) is 0 Å². The van der Waals surface area contributed by atoms with Gasteiger partial charge in [-0.15, -0.1) is 21.5 Å². The molecule has 5 nitrogen and oxygen atoms in total.